The number of aryl methyl sites for hydroxylation is 1. The molecule has 0 radical (unpaired) electrons. The first-order valence-corrected chi connectivity index (χ1v) is 8.48. The number of carboxylic acids is 1. The van der Waals surface area contributed by atoms with Crippen molar-refractivity contribution >= 4 is 55.7 Å². The van der Waals surface area contributed by atoms with E-state index in [0.717, 1.165) is 27.9 Å². The van der Waals surface area contributed by atoms with Gasteiger partial charge in [-0.2, -0.15) is 0 Å². The van der Waals surface area contributed by atoms with Gasteiger partial charge in [0.2, 0.25) is 0 Å². The summed E-state index contributed by atoms with van der Waals surface area (Å²) in [4.78, 5) is 16.8. The summed E-state index contributed by atoms with van der Waals surface area (Å²) >= 11 is 11.0. The normalized spacial score (nSPS) is 17.3. The number of aromatic nitrogens is 1. The van der Waals surface area contributed by atoms with Crippen molar-refractivity contribution in [2.75, 3.05) is 5.32 Å². The molecular formula is C14H12BrClN2O2S. The highest BCUT2D eigenvalue weighted by Crippen LogP contribution is 2.39. The Morgan fingerprint density at radius 3 is 3.10 bits per heavy atom. The number of hydrogen-bond acceptors (Lipinski definition) is 4. The van der Waals surface area contributed by atoms with Crippen molar-refractivity contribution in [3.63, 3.8) is 0 Å². The predicted octanol–water partition coefficient (Wildman–Crippen LogP) is 4.81. The van der Waals surface area contributed by atoms with E-state index in [1.54, 1.807) is 6.07 Å². The lowest BCUT2D eigenvalue weighted by molar-refractivity contribution is -0.139. The lowest BCUT2D eigenvalue weighted by Gasteiger charge is -2.16. The van der Waals surface area contributed by atoms with Crippen molar-refractivity contribution in [3.8, 4) is 0 Å². The molecule has 1 aromatic heterocycles. The van der Waals surface area contributed by atoms with E-state index in [0.29, 0.717) is 22.3 Å². The molecule has 0 amide bonds. The third-order valence-electron chi connectivity index (χ3n) is 3.45. The Morgan fingerprint density at radius 1 is 1.52 bits per heavy atom. The summed E-state index contributed by atoms with van der Waals surface area (Å²) in [6.45, 7) is 0. The van der Waals surface area contributed by atoms with Crippen molar-refractivity contribution in [2.45, 2.75) is 25.2 Å². The maximum atomic E-state index is 11.3. The Bertz CT molecular complexity index is 704. The number of nitrogens with one attached hydrogen (secondary N) is 1. The molecule has 1 aromatic carbocycles. The van der Waals surface area contributed by atoms with Crippen LogP contribution in [0.2, 0.25) is 5.02 Å². The van der Waals surface area contributed by atoms with E-state index < -0.39 is 11.9 Å². The summed E-state index contributed by atoms with van der Waals surface area (Å²) in [5.41, 5.74) is 1.53. The Hall–Kier alpha value is -1.11. The number of halogens is 2. The van der Waals surface area contributed by atoms with Gasteiger partial charge in [-0.3, -0.25) is 4.79 Å². The topological polar surface area (TPSA) is 62.2 Å². The summed E-state index contributed by atoms with van der Waals surface area (Å²) in [5.74, 6) is -1.28. The zero-order valence-corrected chi connectivity index (χ0v) is 14.1. The van der Waals surface area contributed by atoms with Crippen LogP contribution in [-0.4, -0.2) is 16.1 Å². The molecular weight excluding hydrogens is 376 g/mol. The average molecular weight is 388 g/mol. The van der Waals surface area contributed by atoms with Gasteiger partial charge in [-0.15, -0.1) is 11.3 Å². The van der Waals surface area contributed by atoms with E-state index in [4.69, 9.17) is 11.6 Å². The van der Waals surface area contributed by atoms with Gasteiger partial charge < -0.3 is 10.4 Å². The summed E-state index contributed by atoms with van der Waals surface area (Å²) in [5, 5.41) is 13.8. The minimum Gasteiger partial charge on any atom is -0.481 e. The fourth-order valence-corrected chi connectivity index (χ4v) is 4.04. The van der Waals surface area contributed by atoms with E-state index in [-0.39, 0.29) is 0 Å². The first-order valence-electron chi connectivity index (χ1n) is 6.49. The first kappa shape index (κ1) is 14.8. The van der Waals surface area contributed by atoms with Crippen LogP contribution in [0.1, 0.15) is 29.3 Å². The van der Waals surface area contributed by atoms with Gasteiger partial charge in [0.15, 0.2) is 5.13 Å². The second-order valence-electron chi connectivity index (χ2n) is 4.84. The SMILES string of the molecule is O=C(O)C1CCCc2sc(Nc3cccc(Cl)c3Br)nc21. The fourth-order valence-electron chi connectivity index (χ4n) is 2.43. The highest BCUT2D eigenvalue weighted by atomic mass is 79.9. The number of aliphatic carboxylic acids is 1. The second-order valence-corrected chi connectivity index (χ2v) is 7.12. The molecule has 1 heterocycles. The molecule has 1 atom stereocenters. The zero-order valence-electron chi connectivity index (χ0n) is 10.9. The molecule has 0 fully saturated rings. The summed E-state index contributed by atoms with van der Waals surface area (Å²) < 4.78 is 0.773. The Balaban J connectivity index is 1.91. The van der Waals surface area contributed by atoms with Gasteiger partial charge in [0.05, 0.1) is 20.9 Å². The number of hydrogen-bond donors (Lipinski definition) is 2. The van der Waals surface area contributed by atoms with E-state index in [1.165, 1.54) is 11.3 Å². The number of fused-ring (bicyclic) bond motifs is 1. The first-order chi connectivity index (χ1) is 10.1. The quantitative estimate of drug-likeness (QED) is 0.793. The van der Waals surface area contributed by atoms with Crippen LogP contribution in [0.15, 0.2) is 22.7 Å². The highest BCUT2D eigenvalue weighted by molar-refractivity contribution is 9.10. The predicted molar refractivity (Wildman–Crippen MR) is 87.9 cm³/mol. The number of thiazole rings is 1. The minimum atomic E-state index is -0.795. The number of benzene rings is 1. The van der Waals surface area contributed by atoms with Gasteiger partial charge in [-0.25, -0.2) is 4.98 Å². The highest BCUT2D eigenvalue weighted by Gasteiger charge is 2.30. The van der Waals surface area contributed by atoms with Crippen LogP contribution in [0.3, 0.4) is 0 Å². The molecule has 3 rings (SSSR count). The summed E-state index contributed by atoms with van der Waals surface area (Å²) in [7, 11) is 0. The van der Waals surface area contributed by atoms with Crippen molar-refractivity contribution in [1.29, 1.82) is 0 Å². The van der Waals surface area contributed by atoms with Crippen molar-refractivity contribution < 1.29 is 9.90 Å². The van der Waals surface area contributed by atoms with Crippen LogP contribution in [0.25, 0.3) is 0 Å². The van der Waals surface area contributed by atoms with Crippen LogP contribution in [-0.2, 0) is 11.2 Å². The molecule has 0 bridgehead atoms. The second kappa shape index (κ2) is 5.94. The molecule has 0 aliphatic heterocycles. The van der Waals surface area contributed by atoms with E-state index in [2.05, 4.69) is 26.2 Å². The van der Waals surface area contributed by atoms with E-state index >= 15 is 0 Å². The molecule has 0 saturated heterocycles. The maximum Gasteiger partial charge on any atom is 0.312 e. The number of rotatable bonds is 3. The maximum absolute atomic E-state index is 11.3. The average Bonchev–Trinajstić information content (AvgIpc) is 2.85. The molecule has 4 nitrogen and oxygen atoms in total. The Kier molecular flexibility index (Phi) is 4.19. The van der Waals surface area contributed by atoms with E-state index in [1.807, 2.05) is 12.1 Å². The van der Waals surface area contributed by atoms with Gasteiger partial charge >= 0.3 is 5.97 Å². The lowest BCUT2D eigenvalue weighted by Crippen LogP contribution is -2.17. The van der Waals surface area contributed by atoms with Crippen molar-refractivity contribution in [2.24, 2.45) is 0 Å². The third-order valence-corrected chi connectivity index (χ3v) is 5.89. The number of carbonyl (C=O) groups is 1. The molecule has 1 aliphatic carbocycles. The van der Waals surface area contributed by atoms with Crippen molar-refractivity contribution in [3.05, 3.63) is 38.3 Å². The molecule has 110 valence electrons. The smallest absolute Gasteiger partial charge is 0.312 e. The number of anilines is 2. The van der Waals surface area contributed by atoms with Gasteiger partial charge in [0.25, 0.3) is 0 Å². The van der Waals surface area contributed by atoms with Gasteiger partial charge in [-0.05, 0) is 47.3 Å². The van der Waals surface area contributed by atoms with Gasteiger partial charge in [0.1, 0.15) is 5.92 Å². The van der Waals surface area contributed by atoms with Crippen LogP contribution in [0.4, 0.5) is 10.8 Å². The molecule has 21 heavy (non-hydrogen) atoms. The van der Waals surface area contributed by atoms with Gasteiger partial charge in [-0.1, -0.05) is 17.7 Å². The van der Waals surface area contributed by atoms with Crippen molar-refractivity contribution in [1.82, 2.24) is 4.98 Å². The van der Waals surface area contributed by atoms with Crippen LogP contribution >= 0.6 is 38.9 Å². The molecule has 0 saturated carbocycles. The standard InChI is InChI=1S/C14H12BrClN2O2S/c15-11-8(16)4-2-5-9(11)17-14-18-12-7(13(19)20)3-1-6-10(12)21-14/h2,4-5,7H,1,3,6H2,(H,17,18)(H,19,20). The fraction of sp³-hybridized carbons (Fsp3) is 0.286. The molecule has 2 aromatic rings. The minimum absolute atomic E-state index is 0.483. The summed E-state index contributed by atoms with van der Waals surface area (Å²) in [6, 6.07) is 5.54. The third kappa shape index (κ3) is 2.93. The largest absolute Gasteiger partial charge is 0.481 e. The molecule has 7 heteroatoms. The number of nitrogens with zero attached hydrogens (tertiary/aromatic N) is 1. The Morgan fingerprint density at radius 2 is 2.33 bits per heavy atom. The van der Waals surface area contributed by atoms with Gasteiger partial charge in [0, 0.05) is 4.88 Å². The molecule has 1 aliphatic rings. The molecule has 2 N–H and O–H groups in total. The summed E-state index contributed by atoms with van der Waals surface area (Å²) in [6.07, 6.45) is 2.45. The van der Waals surface area contributed by atoms with E-state index in [9.17, 15) is 9.90 Å². The Labute approximate surface area is 139 Å². The lowest BCUT2D eigenvalue weighted by atomic mass is 9.91. The van der Waals surface area contributed by atoms with Crippen LogP contribution in [0.5, 0.6) is 0 Å². The monoisotopic (exact) mass is 386 g/mol. The zero-order chi connectivity index (χ0) is 15.0. The van der Waals surface area contributed by atoms with Crippen LogP contribution in [0, 0.1) is 0 Å². The molecule has 0 spiro atoms. The van der Waals surface area contributed by atoms with Crippen LogP contribution < -0.4 is 5.32 Å². The molecule has 1 unspecified atom stereocenters. The number of carboxylic acid groups (broad SMARTS) is 1.